The summed E-state index contributed by atoms with van der Waals surface area (Å²) >= 11 is 0. The van der Waals surface area contributed by atoms with Crippen LogP contribution in [0.1, 0.15) is 31.4 Å². The van der Waals surface area contributed by atoms with Gasteiger partial charge in [-0.05, 0) is 30.5 Å². The summed E-state index contributed by atoms with van der Waals surface area (Å²) in [5.41, 5.74) is 0.851. The van der Waals surface area contributed by atoms with Gasteiger partial charge in [0.05, 0.1) is 6.10 Å². The second-order valence-electron chi connectivity index (χ2n) is 4.48. The standard InChI is InChI=1S/C15H23NO4/c1-3-14(17)12-5-7-13(8-6-12)20-11-15(18)16-9-4-10-19-2/h5-8,14,17H,3-4,9-11H2,1-2H3,(H,16,18)/t14-/m0/s1. The Morgan fingerprint density at radius 1 is 1.35 bits per heavy atom. The van der Waals surface area contributed by atoms with E-state index in [0.717, 1.165) is 12.0 Å². The summed E-state index contributed by atoms with van der Waals surface area (Å²) in [5, 5.41) is 12.4. The third-order valence-corrected chi connectivity index (χ3v) is 2.87. The average molecular weight is 281 g/mol. The largest absolute Gasteiger partial charge is 0.484 e. The van der Waals surface area contributed by atoms with Crippen molar-refractivity contribution in [2.45, 2.75) is 25.9 Å². The van der Waals surface area contributed by atoms with E-state index in [4.69, 9.17) is 9.47 Å². The maximum Gasteiger partial charge on any atom is 0.257 e. The Hall–Kier alpha value is -1.59. The first-order chi connectivity index (χ1) is 9.67. The number of hydrogen-bond donors (Lipinski definition) is 2. The number of rotatable bonds is 9. The molecule has 0 unspecified atom stereocenters. The Kier molecular flexibility index (Phi) is 7.69. The van der Waals surface area contributed by atoms with Crippen LogP contribution in [0, 0.1) is 0 Å². The SMILES string of the molecule is CC[C@H](O)c1ccc(OCC(=O)NCCCOC)cc1. The molecule has 0 saturated carbocycles. The Morgan fingerprint density at radius 3 is 2.65 bits per heavy atom. The third kappa shape index (κ3) is 6.04. The molecule has 1 aromatic carbocycles. The van der Waals surface area contributed by atoms with Crippen molar-refractivity contribution in [2.75, 3.05) is 26.9 Å². The lowest BCUT2D eigenvalue weighted by molar-refractivity contribution is -0.123. The summed E-state index contributed by atoms with van der Waals surface area (Å²) in [4.78, 5) is 11.5. The number of carbonyl (C=O) groups excluding carboxylic acids is 1. The fraction of sp³-hybridized carbons (Fsp3) is 0.533. The van der Waals surface area contributed by atoms with Gasteiger partial charge in [-0.15, -0.1) is 0 Å². The van der Waals surface area contributed by atoms with Crippen LogP contribution in [0.4, 0.5) is 0 Å². The third-order valence-electron chi connectivity index (χ3n) is 2.87. The first-order valence-electron chi connectivity index (χ1n) is 6.83. The summed E-state index contributed by atoms with van der Waals surface area (Å²) in [6, 6.07) is 7.12. The zero-order valence-electron chi connectivity index (χ0n) is 12.1. The number of aliphatic hydroxyl groups is 1. The molecule has 2 N–H and O–H groups in total. The number of ether oxygens (including phenoxy) is 2. The van der Waals surface area contributed by atoms with Crippen molar-refractivity contribution >= 4 is 5.91 Å². The minimum atomic E-state index is -0.451. The lowest BCUT2D eigenvalue weighted by Gasteiger charge is -2.10. The Bertz CT molecular complexity index is 391. The summed E-state index contributed by atoms with van der Waals surface area (Å²) in [6.45, 7) is 3.12. The first kappa shape index (κ1) is 16.5. The van der Waals surface area contributed by atoms with E-state index in [0.29, 0.717) is 25.3 Å². The van der Waals surface area contributed by atoms with Crippen LogP contribution < -0.4 is 10.1 Å². The maximum atomic E-state index is 11.5. The van der Waals surface area contributed by atoms with E-state index in [1.165, 1.54) is 0 Å². The van der Waals surface area contributed by atoms with E-state index >= 15 is 0 Å². The maximum absolute atomic E-state index is 11.5. The molecule has 0 saturated heterocycles. The molecular formula is C15H23NO4. The summed E-state index contributed by atoms with van der Waals surface area (Å²) in [7, 11) is 1.63. The Balaban J connectivity index is 2.29. The Labute approximate surface area is 119 Å². The Morgan fingerprint density at radius 2 is 2.05 bits per heavy atom. The van der Waals surface area contributed by atoms with Gasteiger partial charge in [-0.2, -0.15) is 0 Å². The number of nitrogens with one attached hydrogen (secondary N) is 1. The number of benzene rings is 1. The molecule has 0 bridgehead atoms. The highest BCUT2D eigenvalue weighted by molar-refractivity contribution is 5.77. The molecule has 112 valence electrons. The molecule has 0 aromatic heterocycles. The van der Waals surface area contributed by atoms with Gasteiger partial charge < -0.3 is 19.9 Å². The highest BCUT2D eigenvalue weighted by atomic mass is 16.5. The summed E-state index contributed by atoms with van der Waals surface area (Å²) in [5.74, 6) is 0.461. The van der Waals surface area contributed by atoms with Gasteiger partial charge in [0.25, 0.3) is 5.91 Å². The molecule has 20 heavy (non-hydrogen) atoms. The molecule has 1 atom stereocenters. The molecule has 0 heterocycles. The molecule has 5 heteroatoms. The first-order valence-corrected chi connectivity index (χ1v) is 6.83. The monoisotopic (exact) mass is 281 g/mol. The average Bonchev–Trinajstić information content (AvgIpc) is 2.49. The van der Waals surface area contributed by atoms with E-state index in [9.17, 15) is 9.90 Å². The lowest BCUT2D eigenvalue weighted by atomic mass is 10.1. The van der Waals surface area contributed by atoms with E-state index < -0.39 is 6.10 Å². The van der Waals surface area contributed by atoms with Crippen LogP contribution in [-0.2, 0) is 9.53 Å². The van der Waals surface area contributed by atoms with E-state index in [-0.39, 0.29) is 12.5 Å². The number of amides is 1. The molecule has 0 spiro atoms. The molecule has 0 aliphatic rings. The molecule has 0 aliphatic carbocycles. The molecule has 1 aromatic rings. The highest BCUT2D eigenvalue weighted by Crippen LogP contribution is 2.19. The predicted octanol–water partition coefficient (Wildman–Crippen LogP) is 1.66. The summed E-state index contributed by atoms with van der Waals surface area (Å²) in [6.07, 6.45) is 1.00. The lowest BCUT2D eigenvalue weighted by Crippen LogP contribution is -2.30. The van der Waals surface area contributed by atoms with Crippen LogP contribution in [0.5, 0.6) is 5.75 Å². The minimum Gasteiger partial charge on any atom is -0.484 e. The van der Waals surface area contributed by atoms with Crippen molar-refractivity contribution < 1.29 is 19.4 Å². The second-order valence-corrected chi connectivity index (χ2v) is 4.48. The van der Waals surface area contributed by atoms with Crippen LogP contribution in [0.15, 0.2) is 24.3 Å². The van der Waals surface area contributed by atoms with Gasteiger partial charge in [-0.3, -0.25) is 4.79 Å². The number of hydrogen-bond acceptors (Lipinski definition) is 4. The second kappa shape index (κ2) is 9.34. The van der Waals surface area contributed by atoms with Crippen LogP contribution in [0.25, 0.3) is 0 Å². The molecule has 0 radical (unpaired) electrons. The predicted molar refractivity (Wildman–Crippen MR) is 76.7 cm³/mol. The summed E-state index contributed by atoms with van der Waals surface area (Å²) < 4.78 is 10.3. The van der Waals surface area contributed by atoms with Gasteiger partial charge in [-0.25, -0.2) is 0 Å². The van der Waals surface area contributed by atoms with Crippen LogP contribution in [-0.4, -0.2) is 37.9 Å². The normalized spacial score (nSPS) is 11.9. The zero-order valence-corrected chi connectivity index (χ0v) is 12.1. The fourth-order valence-electron chi connectivity index (χ4n) is 1.67. The molecule has 0 aliphatic heterocycles. The van der Waals surface area contributed by atoms with E-state index in [1.807, 2.05) is 6.92 Å². The molecule has 1 rings (SSSR count). The van der Waals surface area contributed by atoms with Gasteiger partial charge >= 0.3 is 0 Å². The van der Waals surface area contributed by atoms with Crippen molar-refractivity contribution in [1.29, 1.82) is 0 Å². The fourth-order valence-corrected chi connectivity index (χ4v) is 1.67. The zero-order chi connectivity index (χ0) is 14.8. The molecule has 0 fully saturated rings. The topological polar surface area (TPSA) is 67.8 Å². The van der Waals surface area contributed by atoms with Crippen LogP contribution in [0.2, 0.25) is 0 Å². The minimum absolute atomic E-state index is 0.0112. The van der Waals surface area contributed by atoms with E-state index in [2.05, 4.69) is 5.32 Å². The van der Waals surface area contributed by atoms with Crippen molar-refractivity contribution in [2.24, 2.45) is 0 Å². The number of methoxy groups -OCH3 is 1. The molecule has 1 amide bonds. The van der Waals surface area contributed by atoms with Crippen molar-refractivity contribution in [3.63, 3.8) is 0 Å². The van der Waals surface area contributed by atoms with Gasteiger partial charge in [0.15, 0.2) is 6.61 Å². The van der Waals surface area contributed by atoms with Gasteiger partial charge in [-0.1, -0.05) is 19.1 Å². The molecule has 5 nitrogen and oxygen atoms in total. The molecular weight excluding hydrogens is 258 g/mol. The van der Waals surface area contributed by atoms with E-state index in [1.54, 1.807) is 31.4 Å². The number of carbonyl (C=O) groups is 1. The number of aliphatic hydroxyl groups excluding tert-OH is 1. The van der Waals surface area contributed by atoms with Crippen molar-refractivity contribution in [3.05, 3.63) is 29.8 Å². The highest BCUT2D eigenvalue weighted by Gasteiger charge is 2.05. The smallest absolute Gasteiger partial charge is 0.257 e. The van der Waals surface area contributed by atoms with Crippen molar-refractivity contribution in [3.8, 4) is 5.75 Å². The van der Waals surface area contributed by atoms with Crippen LogP contribution in [0.3, 0.4) is 0 Å². The van der Waals surface area contributed by atoms with Crippen LogP contribution >= 0.6 is 0 Å². The van der Waals surface area contributed by atoms with Gasteiger partial charge in [0.2, 0.25) is 0 Å². The van der Waals surface area contributed by atoms with Gasteiger partial charge in [0, 0.05) is 20.3 Å². The van der Waals surface area contributed by atoms with Crippen molar-refractivity contribution in [1.82, 2.24) is 5.32 Å². The quantitative estimate of drug-likeness (QED) is 0.676. The van der Waals surface area contributed by atoms with Gasteiger partial charge in [0.1, 0.15) is 5.75 Å².